The fourth-order valence-corrected chi connectivity index (χ4v) is 2.16. The molecule has 0 bridgehead atoms. The highest BCUT2D eigenvalue weighted by molar-refractivity contribution is 7.04. The van der Waals surface area contributed by atoms with E-state index in [1.54, 1.807) is 9.34 Å². The zero-order valence-electron chi connectivity index (χ0n) is 8.28. The first kappa shape index (κ1) is 10.5. The molecule has 0 aliphatic rings. The van der Waals surface area contributed by atoms with Gasteiger partial charge >= 0.3 is 0 Å². The second kappa shape index (κ2) is 4.65. The largest absolute Gasteiger partial charge is 0.268 e. The maximum absolute atomic E-state index is 11.9. The van der Waals surface area contributed by atoms with E-state index >= 15 is 0 Å². The summed E-state index contributed by atoms with van der Waals surface area (Å²) in [6.07, 6.45) is 0. The van der Waals surface area contributed by atoms with Crippen LogP contribution in [0.25, 0.3) is 16.1 Å². The van der Waals surface area contributed by atoms with Gasteiger partial charge in [-0.25, -0.2) is 3.96 Å². The highest BCUT2D eigenvalue weighted by atomic mass is 32.1. The number of hydrogen-bond acceptors (Lipinski definition) is 3. The summed E-state index contributed by atoms with van der Waals surface area (Å²) < 4.78 is 1.57. The molecule has 5 nitrogen and oxygen atoms in total. The van der Waals surface area contributed by atoms with E-state index in [2.05, 4.69) is 10.0 Å². The molecule has 0 unspecified atom stereocenters. The van der Waals surface area contributed by atoms with E-state index in [-0.39, 0.29) is 12.1 Å². The third-order valence-corrected chi connectivity index (χ3v) is 3.03. The molecular formula is C10H8N4OS. The molecule has 2 aromatic rings. The maximum atomic E-state index is 11.9. The third kappa shape index (κ3) is 1.98. The molecule has 0 N–H and O–H groups in total. The SMILES string of the molecule is [N-]=[N+]=NCc1csn(-c2ccccc2)c1=O. The molecule has 1 aromatic heterocycles. The van der Waals surface area contributed by atoms with Gasteiger partial charge < -0.3 is 0 Å². The smallest absolute Gasteiger partial charge is 0.268 e. The van der Waals surface area contributed by atoms with Crippen molar-refractivity contribution in [2.75, 3.05) is 0 Å². The summed E-state index contributed by atoms with van der Waals surface area (Å²) in [5, 5.41) is 5.10. The standard InChI is InChI=1S/C10H8N4OS/c11-13-12-6-8-7-16-14(10(8)15)9-4-2-1-3-5-9/h1-5,7H,6H2. The van der Waals surface area contributed by atoms with Crippen LogP contribution in [0.1, 0.15) is 5.56 Å². The normalized spacial score (nSPS) is 9.75. The second-order valence-electron chi connectivity index (χ2n) is 3.07. The van der Waals surface area contributed by atoms with Crippen LogP contribution in [0.5, 0.6) is 0 Å². The van der Waals surface area contributed by atoms with E-state index in [0.717, 1.165) is 5.69 Å². The van der Waals surface area contributed by atoms with Gasteiger partial charge in [0.2, 0.25) is 0 Å². The highest BCUT2D eigenvalue weighted by Crippen LogP contribution is 2.10. The fraction of sp³-hybridized carbons (Fsp3) is 0.100. The summed E-state index contributed by atoms with van der Waals surface area (Å²) >= 11 is 1.30. The molecule has 0 spiro atoms. The molecule has 0 atom stereocenters. The van der Waals surface area contributed by atoms with E-state index in [0.29, 0.717) is 5.56 Å². The van der Waals surface area contributed by atoms with Crippen molar-refractivity contribution in [1.82, 2.24) is 3.96 Å². The number of aromatic nitrogens is 1. The minimum absolute atomic E-state index is 0.103. The molecule has 0 amide bonds. The molecular weight excluding hydrogens is 224 g/mol. The van der Waals surface area contributed by atoms with Crippen molar-refractivity contribution in [2.45, 2.75) is 6.54 Å². The van der Waals surface area contributed by atoms with Crippen LogP contribution in [0.15, 0.2) is 45.6 Å². The molecule has 0 fully saturated rings. The van der Waals surface area contributed by atoms with Crippen molar-refractivity contribution in [3.63, 3.8) is 0 Å². The lowest BCUT2D eigenvalue weighted by Gasteiger charge is -1.97. The average Bonchev–Trinajstić information content (AvgIpc) is 2.69. The molecule has 0 saturated heterocycles. The highest BCUT2D eigenvalue weighted by Gasteiger charge is 2.06. The topological polar surface area (TPSA) is 70.8 Å². The van der Waals surface area contributed by atoms with Gasteiger partial charge in [0.25, 0.3) is 5.56 Å². The van der Waals surface area contributed by atoms with Crippen LogP contribution >= 0.6 is 11.5 Å². The van der Waals surface area contributed by atoms with Gasteiger partial charge in [0.1, 0.15) is 0 Å². The van der Waals surface area contributed by atoms with E-state index < -0.39 is 0 Å². The Hall–Kier alpha value is -2.04. The Bertz CT molecular complexity index is 580. The molecule has 6 heteroatoms. The lowest BCUT2D eigenvalue weighted by molar-refractivity contribution is 0.999. The quantitative estimate of drug-likeness (QED) is 0.455. The molecule has 0 radical (unpaired) electrons. The van der Waals surface area contributed by atoms with Gasteiger partial charge in [-0.1, -0.05) is 34.8 Å². The molecule has 1 aromatic carbocycles. The first-order valence-corrected chi connectivity index (χ1v) is 5.43. The van der Waals surface area contributed by atoms with Crippen LogP contribution in [-0.2, 0) is 6.54 Å². The van der Waals surface area contributed by atoms with Gasteiger partial charge in [-0.3, -0.25) is 4.79 Å². The molecule has 1 heterocycles. The Balaban J connectivity index is 2.41. The van der Waals surface area contributed by atoms with Crippen LogP contribution < -0.4 is 5.56 Å². The zero-order valence-corrected chi connectivity index (χ0v) is 9.09. The van der Waals surface area contributed by atoms with Crippen molar-refractivity contribution in [1.29, 1.82) is 0 Å². The zero-order chi connectivity index (χ0) is 11.4. The number of hydrogen-bond donors (Lipinski definition) is 0. The number of rotatable bonds is 3. The first-order chi connectivity index (χ1) is 7.83. The third-order valence-electron chi connectivity index (χ3n) is 2.05. The molecule has 0 saturated carbocycles. The molecule has 80 valence electrons. The minimum Gasteiger partial charge on any atom is -0.268 e. The number of nitrogens with zero attached hydrogens (tertiary/aromatic N) is 4. The summed E-state index contributed by atoms with van der Waals surface area (Å²) in [4.78, 5) is 14.5. The van der Waals surface area contributed by atoms with Crippen molar-refractivity contribution >= 4 is 11.5 Å². The number of azide groups is 1. The van der Waals surface area contributed by atoms with Gasteiger partial charge in [0.15, 0.2) is 0 Å². The monoisotopic (exact) mass is 232 g/mol. The van der Waals surface area contributed by atoms with Crippen LogP contribution in [0.3, 0.4) is 0 Å². The Morgan fingerprint density at radius 1 is 1.38 bits per heavy atom. The van der Waals surface area contributed by atoms with Crippen LogP contribution in [0.2, 0.25) is 0 Å². The first-order valence-electron chi connectivity index (χ1n) is 4.59. The fourth-order valence-electron chi connectivity index (χ4n) is 1.30. The van der Waals surface area contributed by atoms with Crippen LogP contribution in [0.4, 0.5) is 0 Å². The van der Waals surface area contributed by atoms with Crippen molar-refractivity contribution in [2.24, 2.45) is 5.11 Å². The predicted octanol–water partition coefficient (Wildman–Crippen LogP) is 2.71. The summed E-state index contributed by atoms with van der Waals surface area (Å²) in [5.74, 6) is 0. The molecule has 0 aliphatic heterocycles. The Labute approximate surface area is 95.4 Å². The average molecular weight is 232 g/mol. The molecule has 16 heavy (non-hydrogen) atoms. The van der Waals surface area contributed by atoms with E-state index in [1.165, 1.54) is 11.5 Å². The number of para-hydroxylation sites is 1. The van der Waals surface area contributed by atoms with Gasteiger partial charge in [-0.2, -0.15) is 0 Å². The van der Waals surface area contributed by atoms with Crippen LogP contribution in [0, 0.1) is 0 Å². The summed E-state index contributed by atoms with van der Waals surface area (Å²) in [5.41, 5.74) is 9.42. The lowest BCUT2D eigenvalue weighted by atomic mass is 10.3. The Morgan fingerprint density at radius 2 is 2.12 bits per heavy atom. The van der Waals surface area contributed by atoms with E-state index in [4.69, 9.17) is 5.53 Å². The predicted molar refractivity (Wildman–Crippen MR) is 62.8 cm³/mol. The molecule has 2 rings (SSSR count). The van der Waals surface area contributed by atoms with Crippen molar-refractivity contribution in [3.8, 4) is 5.69 Å². The Morgan fingerprint density at radius 3 is 2.81 bits per heavy atom. The van der Waals surface area contributed by atoms with Crippen molar-refractivity contribution in [3.05, 3.63) is 62.1 Å². The van der Waals surface area contributed by atoms with Crippen LogP contribution in [-0.4, -0.2) is 3.96 Å². The van der Waals surface area contributed by atoms with Gasteiger partial charge in [-0.05, 0) is 17.7 Å². The summed E-state index contributed by atoms with van der Waals surface area (Å²) in [6.45, 7) is 0.103. The molecule has 0 aliphatic carbocycles. The van der Waals surface area contributed by atoms with Crippen molar-refractivity contribution < 1.29 is 0 Å². The van der Waals surface area contributed by atoms with E-state index in [1.807, 2.05) is 30.3 Å². The second-order valence-corrected chi connectivity index (χ2v) is 3.88. The maximum Gasteiger partial charge on any atom is 0.268 e. The Kier molecular flexibility index (Phi) is 3.05. The van der Waals surface area contributed by atoms with Gasteiger partial charge in [0, 0.05) is 15.9 Å². The number of benzene rings is 1. The van der Waals surface area contributed by atoms with Gasteiger partial charge in [0.05, 0.1) is 12.2 Å². The van der Waals surface area contributed by atoms with Gasteiger partial charge in [-0.15, -0.1) is 0 Å². The minimum atomic E-state index is -0.122. The summed E-state index contributed by atoms with van der Waals surface area (Å²) in [6, 6.07) is 9.34. The summed E-state index contributed by atoms with van der Waals surface area (Å²) in [7, 11) is 0. The van der Waals surface area contributed by atoms with E-state index in [9.17, 15) is 4.79 Å². The lowest BCUT2D eigenvalue weighted by Crippen LogP contribution is -2.14.